The summed E-state index contributed by atoms with van der Waals surface area (Å²) >= 11 is 5.90. The molecule has 0 radical (unpaired) electrons. The van der Waals surface area contributed by atoms with Crippen LogP contribution >= 0.6 is 11.6 Å². The van der Waals surface area contributed by atoms with Crippen LogP contribution in [0.4, 0.5) is 0 Å². The predicted molar refractivity (Wildman–Crippen MR) is 67.5 cm³/mol. The third kappa shape index (κ3) is 2.82. The van der Waals surface area contributed by atoms with Crippen molar-refractivity contribution in [1.82, 2.24) is 4.90 Å². The highest BCUT2D eigenvalue weighted by molar-refractivity contribution is 6.22. The summed E-state index contributed by atoms with van der Waals surface area (Å²) in [7, 11) is 0. The molecule has 1 saturated heterocycles. The number of aliphatic carboxylic acids is 1. The van der Waals surface area contributed by atoms with Gasteiger partial charge in [0.05, 0.1) is 5.38 Å². The molecule has 1 amide bonds. The lowest BCUT2D eigenvalue weighted by molar-refractivity contribution is -0.148. The van der Waals surface area contributed by atoms with Gasteiger partial charge < -0.3 is 10.0 Å². The first-order valence-electron chi connectivity index (χ1n) is 5.78. The van der Waals surface area contributed by atoms with E-state index in [9.17, 15) is 14.7 Å². The zero-order chi connectivity index (χ0) is 13.1. The second kappa shape index (κ2) is 5.40. The number of rotatable bonds is 4. The fraction of sp³-hybridized carbons (Fsp3) is 0.385. The van der Waals surface area contributed by atoms with Crippen LogP contribution in [-0.4, -0.2) is 39.8 Å². The molecule has 0 aromatic heterocycles. The Hall–Kier alpha value is -1.55. The summed E-state index contributed by atoms with van der Waals surface area (Å²) in [6.07, 6.45) is 0.533. The topological polar surface area (TPSA) is 57.6 Å². The number of hydrogen-bond acceptors (Lipinski definition) is 2. The van der Waals surface area contributed by atoms with Gasteiger partial charge in [-0.05, 0) is 5.56 Å². The van der Waals surface area contributed by atoms with Gasteiger partial charge in [0.15, 0.2) is 0 Å². The number of carbonyl (C=O) groups excluding carboxylic acids is 1. The van der Waals surface area contributed by atoms with E-state index in [0.717, 1.165) is 5.56 Å². The highest BCUT2D eigenvalue weighted by Gasteiger charge is 2.36. The summed E-state index contributed by atoms with van der Waals surface area (Å²) in [5, 5.41) is 8.98. The van der Waals surface area contributed by atoms with Crippen LogP contribution in [0.15, 0.2) is 30.3 Å². The number of carbonyl (C=O) groups is 2. The number of hydrogen-bond donors (Lipinski definition) is 1. The molecule has 5 heteroatoms. The van der Waals surface area contributed by atoms with Crippen molar-refractivity contribution < 1.29 is 14.7 Å². The van der Waals surface area contributed by atoms with Crippen molar-refractivity contribution in [2.24, 2.45) is 0 Å². The van der Waals surface area contributed by atoms with E-state index < -0.39 is 12.0 Å². The van der Waals surface area contributed by atoms with E-state index in [1.807, 2.05) is 30.3 Å². The van der Waals surface area contributed by atoms with E-state index in [0.29, 0.717) is 13.0 Å². The maximum absolute atomic E-state index is 11.7. The average molecular weight is 268 g/mol. The Morgan fingerprint density at radius 3 is 2.61 bits per heavy atom. The summed E-state index contributed by atoms with van der Waals surface area (Å²) in [5.41, 5.74) is 0.899. The van der Waals surface area contributed by atoms with Gasteiger partial charge in [-0.25, -0.2) is 4.79 Å². The van der Waals surface area contributed by atoms with E-state index in [1.165, 1.54) is 4.90 Å². The molecule has 0 spiro atoms. The first kappa shape index (κ1) is 12.9. The highest BCUT2D eigenvalue weighted by atomic mass is 35.5. The molecule has 1 fully saturated rings. The number of likely N-dealkylation sites (tertiary alicyclic amines) is 1. The molecule has 1 aromatic carbocycles. The molecule has 1 aromatic rings. The summed E-state index contributed by atoms with van der Waals surface area (Å²) < 4.78 is 0. The van der Waals surface area contributed by atoms with Crippen molar-refractivity contribution in [2.45, 2.75) is 24.3 Å². The average Bonchev–Trinajstić information content (AvgIpc) is 2.66. The summed E-state index contributed by atoms with van der Waals surface area (Å²) in [6.45, 7) is 0.310. The number of alkyl halides is 1. The van der Waals surface area contributed by atoms with Crippen LogP contribution in [0, 0.1) is 0 Å². The Morgan fingerprint density at radius 1 is 1.44 bits per heavy atom. The van der Waals surface area contributed by atoms with Crippen molar-refractivity contribution in [3.05, 3.63) is 35.9 Å². The summed E-state index contributed by atoms with van der Waals surface area (Å²) in [5.74, 6) is -1.17. The van der Waals surface area contributed by atoms with Gasteiger partial charge in [-0.3, -0.25) is 4.79 Å². The van der Waals surface area contributed by atoms with Crippen LogP contribution in [0.1, 0.15) is 12.0 Å². The first-order chi connectivity index (χ1) is 8.58. The van der Waals surface area contributed by atoms with Gasteiger partial charge >= 0.3 is 5.97 Å². The molecule has 1 heterocycles. The molecule has 18 heavy (non-hydrogen) atoms. The fourth-order valence-corrected chi connectivity index (χ4v) is 2.44. The van der Waals surface area contributed by atoms with Gasteiger partial charge in [0.1, 0.15) is 6.04 Å². The van der Waals surface area contributed by atoms with Crippen molar-refractivity contribution in [3.63, 3.8) is 0 Å². The molecule has 4 nitrogen and oxygen atoms in total. The molecule has 0 bridgehead atoms. The Bertz CT molecular complexity index is 449. The van der Waals surface area contributed by atoms with Crippen molar-refractivity contribution >= 4 is 23.5 Å². The van der Waals surface area contributed by atoms with E-state index in [2.05, 4.69) is 0 Å². The Labute approximate surface area is 110 Å². The van der Waals surface area contributed by atoms with Crippen LogP contribution < -0.4 is 0 Å². The third-order valence-corrected chi connectivity index (χ3v) is 3.34. The minimum absolute atomic E-state index is 0.182. The second-order valence-corrected chi connectivity index (χ2v) is 5.01. The quantitative estimate of drug-likeness (QED) is 0.842. The molecule has 2 atom stereocenters. The minimum atomic E-state index is -0.988. The number of benzene rings is 1. The van der Waals surface area contributed by atoms with Gasteiger partial charge in [-0.2, -0.15) is 0 Å². The zero-order valence-corrected chi connectivity index (χ0v) is 10.5. The molecular weight excluding hydrogens is 254 g/mol. The predicted octanol–water partition coefficient (Wildman–Crippen LogP) is 1.52. The molecule has 1 aliphatic heterocycles. The van der Waals surface area contributed by atoms with Crippen LogP contribution in [0.5, 0.6) is 0 Å². The molecular formula is C13H14ClNO3. The lowest BCUT2D eigenvalue weighted by Gasteiger charge is -2.24. The fourth-order valence-electron chi connectivity index (χ4n) is 2.16. The van der Waals surface area contributed by atoms with Gasteiger partial charge in [0, 0.05) is 19.4 Å². The van der Waals surface area contributed by atoms with Gasteiger partial charge in [0.25, 0.3) is 0 Å². The number of carboxylic acid groups (broad SMARTS) is 1. The van der Waals surface area contributed by atoms with Crippen LogP contribution in [-0.2, 0) is 16.0 Å². The standard InChI is InChI=1S/C13H14ClNO3/c14-10-7-12(16)15(8-10)11(13(17)18)6-9-4-2-1-3-5-9/h1-5,10-11H,6-8H2,(H,17,18)/t10?,11-/m0/s1. The normalized spacial score (nSPS) is 21.1. The van der Waals surface area contributed by atoms with E-state index in [4.69, 9.17) is 11.6 Å². The van der Waals surface area contributed by atoms with Crippen molar-refractivity contribution in [1.29, 1.82) is 0 Å². The molecule has 1 aliphatic rings. The lowest BCUT2D eigenvalue weighted by Crippen LogP contribution is -2.43. The Kier molecular flexibility index (Phi) is 3.87. The number of halogens is 1. The maximum Gasteiger partial charge on any atom is 0.326 e. The SMILES string of the molecule is O=C(O)[C@H](Cc1ccccc1)N1CC(Cl)CC1=O. The third-order valence-electron chi connectivity index (χ3n) is 3.04. The van der Waals surface area contributed by atoms with Gasteiger partial charge in [-0.15, -0.1) is 11.6 Å². The second-order valence-electron chi connectivity index (χ2n) is 4.39. The summed E-state index contributed by atoms with van der Waals surface area (Å²) in [4.78, 5) is 24.4. The smallest absolute Gasteiger partial charge is 0.326 e. The van der Waals surface area contributed by atoms with Crippen LogP contribution in [0.3, 0.4) is 0 Å². The van der Waals surface area contributed by atoms with Gasteiger partial charge in [-0.1, -0.05) is 30.3 Å². The van der Waals surface area contributed by atoms with Crippen LogP contribution in [0.2, 0.25) is 0 Å². The van der Waals surface area contributed by atoms with E-state index in [1.54, 1.807) is 0 Å². The van der Waals surface area contributed by atoms with E-state index in [-0.39, 0.29) is 17.7 Å². The maximum atomic E-state index is 11.7. The Morgan fingerprint density at radius 2 is 2.11 bits per heavy atom. The highest BCUT2D eigenvalue weighted by Crippen LogP contribution is 2.21. The lowest BCUT2D eigenvalue weighted by atomic mass is 10.1. The van der Waals surface area contributed by atoms with Crippen molar-refractivity contribution in [2.75, 3.05) is 6.54 Å². The molecule has 1 unspecified atom stereocenters. The monoisotopic (exact) mass is 267 g/mol. The molecule has 0 saturated carbocycles. The van der Waals surface area contributed by atoms with Gasteiger partial charge in [0.2, 0.25) is 5.91 Å². The summed E-state index contributed by atoms with van der Waals surface area (Å²) in [6, 6.07) is 8.45. The Balaban J connectivity index is 2.14. The number of carboxylic acids is 1. The molecule has 2 rings (SSSR count). The van der Waals surface area contributed by atoms with Crippen molar-refractivity contribution in [3.8, 4) is 0 Å². The number of nitrogens with zero attached hydrogens (tertiary/aromatic N) is 1. The minimum Gasteiger partial charge on any atom is -0.480 e. The first-order valence-corrected chi connectivity index (χ1v) is 6.22. The molecule has 0 aliphatic carbocycles. The molecule has 1 N–H and O–H groups in total. The number of amides is 1. The zero-order valence-electron chi connectivity index (χ0n) is 9.75. The van der Waals surface area contributed by atoms with E-state index >= 15 is 0 Å². The van der Waals surface area contributed by atoms with Crippen LogP contribution in [0.25, 0.3) is 0 Å². The molecule has 96 valence electrons. The largest absolute Gasteiger partial charge is 0.480 e.